The van der Waals surface area contributed by atoms with Crippen LogP contribution in [-0.4, -0.2) is 44.7 Å². The van der Waals surface area contributed by atoms with Gasteiger partial charge in [0, 0.05) is 33.2 Å². The average Bonchev–Trinajstić information content (AvgIpc) is 2.39. The van der Waals surface area contributed by atoms with Crippen LogP contribution in [0.25, 0.3) is 0 Å². The van der Waals surface area contributed by atoms with E-state index in [-0.39, 0.29) is 0 Å². The molecule has 1 heterocycles. The van der Waals surface area contributed by atoms with Gasteiger partial charge in [0.2, 0.25) is 0 Å². The zero-order valence-electron chi connectivity index (χ0n) is 12.1. The molecule has 0 unspecified atom stereocenters. The minimum absolute atomic E-state index is 0.556. The van der Waals surface area contributed by atoms with E-state index in [9.17, 15) is 0 Å². The molecule has 0 saturated carbocycles. The minimum atomic E-state index is 0.556. The van der Waals surface area contributed by atoms with E-state index in [4.69, 9.17) is 11.6 Å². The standard InChI is InChI=1S/C15H24ClN3/c1-4-19-10-8-12(9-11-19)17-14-7-5-6-13(16)15(14)18(2)3/h5-7,12,17H,4,8-11H2,1-3H3. The highest BCUT2D eigenvalue weighted by Crippen LogP contribution is 2.33. The first-order valence-corrected chi connectivity index (χ1v) is 7.44. The van der Waals surface area contributed by atoms with Crippen LogP contribution >= 0.6 is 11.6 Å². The topological polar surface area (TPSA) is 18.5 Å². The van der Waals surface area contributed by atoms with E-state index in [0.29, 0.717) is 6.04 Å². The van der Waals surface area contributed by atoms with E-state index in [2.05, 4.69) is 28.1 Å². The van der Waals surface area contributed by atoms with E-state index in [1.807, 2.05) is 26.2 Å². The summed E-state index contributed by atoms with van der Waals surface area (Å²) in [6.45, 7) is 5.76. The lowest BCUT2D eigenvalue weighted by atomic mass is 10.0. The Labute approximate surface area is 121 Å². The fourth-order valence-electron chi connectivity index (χ4n) is 2.70. The van der Waals surface area contributed by atoms with Gasteiger partial charge in [-0.05, 0) is 31.5 Å². The molecular weight excluding hydrogens is 258 g/mol. The van der Waals surface area contributed by atoms with Crippen LogP contribution in [0.2, 0.25) is 5.02 Å². The van der Waals surface area contributed by atoms with Crippen molar-refractivity contribution in [1.29, 1.82) is 0 Å². The van der Waals surface area contributed by atoms with Gasteiger partial charge in [0.1, 0.15) is 0 Å². The van der Waals surface area contributed by atoms with Crippen molar-refractivity contribution in [3.63, 3.8) is 0 Å². The Balaban J connectivity index is 2.06. The van der Waals surface area contributed by atoms with Gasteiger partial charge in [-0.15, -0.1) is 0 Å². The summed E-state index contributed by atoms with van der Waals surface area (Å²) in [6, 6.07) is 6.63. The average molecular weight is 282 g/mol. The number of hydrogen-bond donors (Lipinski definition) is 1. The van der Waals surface area contributed by atoms with Crippen molar-refractivity contribution in [2.75, 3.05) is 43.9 Å². The van der Waals surface area contributed by atoms with E-state index < -0.39 is 0 Å². The van der Waals surface area contributed by atoms with Crippen LogP contribution in [0.15, 0.2) is 18.2 Å². The molecule has 19 heavy (non-hydrogen) atoms. The number of benzene rings is 1. The summed E-state index contributed by atoms with van der Waals surface area (Å²) in [5.74, 6) is 0. The maximum atomic E-state index is 6.30. The molecule has 1 aromatic rings. The number of halogens is 1. The predicted molar refractivity (Wildman–Crippen MR) is 84.5 cm³/mol. The van der Waals surface area contributed by atoms with Gasteiger partial charge in [-0.1, -0.05) is 24.6 Å². The van der Waals surface area contributed by atoms with Crippen LogP contribution in [-0.2, 0) is 0 Å². The molecule has 0 aromatic heterocycles. The van der Waals surface area contributed by atoms with E-state index in [1.54, 1.807) is 0 Å². The van der Waals surface area contributed by atoms with Gasteiger partial charge in [0.15, 0.2) is 0 Å². The summed E-state index contributed by atoms with van der Waals surface area (Å²) in [6.07, 6.45) is 2.40. The Kier molecular flexibility index (Phi) is 4.94. The Morgan fingerprint density at radius 1 is 1.32 bits per heavy atom. The van der Waals surface area contributed by atoms with Crippen LogP contribution in [0.1, 0.15) is 19.8 Å². The normalized spacial score (nSPS) is 17.5. The molecule has 0 amide bonds. The summed E-state index contributed by atoms with van der Waals surface area (Å²) in [5, 5.41) is 4.47. The van der Waals surface area contributed by atoms with Gasteiger partial charge in [0.25, 0.3) is 0 Å². The van der Waals surface area contributed by atoms with Crippen molar-refractivity contribution in [3.8, 4) is 0 Å². The van der Waals surface area contributed by atoms with E-state index in [0.717, 1.165) is 22.9 Å². The lowest BCUT2D eigenvalue weighted by molar-refractivity contribution is 0.229. The Morgan fingerprint density at radius 3 is 2.58 bits per heavy atom. The number of piperidine rings is 1. The molecule has 1 aromatic carbocycles. The van der Waals surface area contributed by atoms with Crippen LogP contribution < -0.4 is 10.2 Å². The van der Waals surface area contributed by atoms with Crippen LogP contribution in [0.3, 0.4) is 0 Å². The first kappa shape index (κ1) is 14.5. The summed E-state index contributed by atoms with van der Waals surface area (Å²) in [5.41, 5.74) is 2.23. The van der Waals surface area contributed by atoms with Crippen LogP contribution in [0.5, 0.6) is 0 Å². The predicted octanol–water partition coefficient (Wildman–Crippen LogP) is 3.30. The molecule has 1 N–H and O–H groups in total. The second-order valence-corrected chi connectivity index (χ2v) is 5.79. The molecule has 0 spiro atoms. The second kappa shape index (κ2) is 6.49. The van der Waals surface area contributed by atoms with Gasteiger partial charge >= 0.3 is 0 Å². The maximum Gasteiger partial charge on any atom is 0.0786 e. The molecule has 2 rings (SSSR count). The Hall–Kier alpha value is -0.930. The third-order valence-corrected chi connectivity index (χ3v) is 4.13. The molecule has 0 atom stereocenters. The molecule has 0 aliphatic carbocycles. The molecule has 0 bridgehead atoms. The first-order valence-electron chi connectivity index (χ1n) is 7.06. The molecule has 3 nitrogen and oxygen atoms in total. The summed E-state index contributed by atoms with van der Waals surface area (Å²) >= 11 is 6.30. The van der Waals surface area contributed by atoms with Gasteiger partial charge in [-0.3, -0.25) is 0 Å². The van der Waals surface area contributed by atoms with Gasteiger partial charge < -0.3 is 15.1 Å². The third-order valence-electron chi connectivity index (χ3n) is 3.83. The van der Waals surface area contributed by atoms with Crippen molar-refractivity contribution in [2.45, 2.75) is 25.8 Å². The van der Waals surface area contributed by atoms with Crippen molar-refractivity contribution in [1.82, 2.24) is 4.90 Å². The van der Waals surface area contributed by atoms with Crippen molar-refractivity contribution >= 4 is 23.0 Å². The lowest BCUT2D eigenvalue weighted by Gasteiger charge is -2.33. The number of anilines is 2. The molecule has 0 radical (unpaired) electrons. The van der Waals surface area contributed by atoms with Crippen molar-refractivity contribution in [3.05, 3.63) is 23.2 Å². The Bertz CT molecular complexity index is 412. The lowest BCUT2D eigenvalue weighted by Crippen LogP contribution is -2.39. The molecule has 1 aliphatic rings. The zero-order chi connectivity index (χ0) is 13.8. The molecule has 1 saturated heterocycles. The number of nitrogens with zero attached hydrogens (tertiary/aromatic N) is 2. The molecule has 1 fully saturated rings. The number of para-hydroxylation sites is 1. The highest BCUT2D eigenvalue weighted by atomic mass is 35.5. The first-order chi connectivity index (χ1) is 9.11. The smallest absolute Gasteiger partial charge is 0.0786 e. The zero-order valence-corrected chi connectivity index (χ0v) is 12.9. The summed E-state index contributed by atoms with van der Waals surface area (Å²) in [7, 11) is 4.07. The van der Waals surface area contributed by atoms with Crippen LogP contribution in [0, 0.1) is 0 Å². The number of hydrogen-bond acceptors (Lipinski definition) is 3. The number of rotatable bonds is 4. The minimum Gasteiger partial charge on any atom is -0.380 e. The number of likely N-dealkylation sites (tertiary alicyclic amines) is 1. The largest absolute Gasteiger partial charge is 0.380 e. The molecule has 106 valence electrons. The maximum absolute atomic E-state index is 6.30. The van der Waals surface area contributed by atoms with Crippen molar-refractivity contribution < 1.29 is 0 Å². The van der Waals surface area contributed by atoms with Gasteiger partial charge in [-0.25, -0.2) is 0 Å². The fraction of sp³-hybridized carbons (Fsp3) is 0.600. The molecular formula is C15H24ClN3. The monoisotopic (exact) mass is 281 g/mol. The van der Waals surface area contributed by atoms with Crippen molar-refractivity contribution in [2.24, 2.45) is 0 Å². The third kappa shape index (κ3) is 3.54. The Morgan fingerprint density at radius 2 is 2.00 bits per heavy atom. The summed E-state index contributed by atoms with van der Waals surface area (Å²) < 4.78 is 0. The molecule has 1 aliphatic heterocycles. The summed E-state index contributed by atoms with van der Waals surface area (Å²) in [4.78, 5) is 4.58. The SMILES string of the molecule is CCN1CCC(Nc2cccc(Cl)c2N(C)C)CC1. The quantitative estimate of drug-likeness (QED) is 0.914. The van der Waals surface area contributed by atoms with Gasteiger partial charge in [-0.2, -0.15) is 0 Å². The number of nitrogens with one attached hydrogen (secondary N) is 1. The van der Waals surface area contributed by atoms with E-state index >= 15 is 0 Å². The highest BCUT2D eigenvalue weighted by Gasteiger charge is 2.19. The fourth-order valence-corrected chi connectivity index (χ4v) is 3.04. The second-order valence-electron chi connectivity index (χ2n) is 5.38. The van der Waals surface area contributed by atoms with Crippen LogP contribution in [0.4, 0.5) is 11.4 Å². The van der Waals surface area contributed by atoms with Gasteiger partial charge in [0.05, 0.1) is 16.4 Å². The molecule has 4 heteroatoms. The van der Waals surface area contributed by atoms with E-state index in [1.165, 1.54) is 25.9 Å². The highest BCUT2D eigenvalue weighted by molar-refractivity contribution is 6.34.